The summed E-state index contributed by atoms with van der Waals surface area (Å²) in [5, 5.41) is 20.5. The third kappa shape index (κ3) is 5.91. The Morgan fingerprint density at radius 3 is 2.18 bits per heavy atom. The first-order valence-electron chi connectivity index (χ1n) is 11.7. The second-order valence-electron chi connectivity index (χ2n) is 8.69. The molecule has 190 valence electrons. The Bertz CT molecular complexity index is 1700. The molecule has 0 radical (unpaired) electrons. The number of sulfonamides is 1. The van der Waals surface area contributed by atoms with Gasteiger partial charge in [0.05, 0.1) is 27.5 Å². The molecule has 38 heavy (non-hydrogen) atoms. The van der Waals surface area contributed by atoms with Crippen LogP contribution >= 0.6 is 15.9 Å². The number of hydrogen-bond donors (Lipinski definition) is 3. The lowest BCUT2D eigenvalue weighted by atomic mass is 10.1. The minimum Gasteiger partial charge on any atom is -0.459 e. The van der Waals surface area contributed by atoms with Crippen LogP contribution in [0.15, 0.2) is 119 Å². The Morgan fingerprint density at radius 2 is 1.55 bits per heavy atom. The van der Waals surface area contributed by atoms with Crippen LogP contribution in [0.2, 0.25) is 0 Å². The lowest BCUT2D eigenvalue weighted by Crippen LogP contribution is -2.66. The molecule has 0 aliphatic rings. The zero-order valence-corrected chi connectivity index (χ0v) is 22.5. The molecule has 5 rings (SSSR count). The molecule has 4 N–H and O–H groups in total. The average Bonchev–Trinajstić information content (AvgIpc) is 3.34. The number of benzene rings is 4. The molecule has 1 aromatic heterocycles. The summed E-state index contributed by atoms with van der Waals surface area (Å²) >= 11 is 3.48. The van der Waals surface area contributed by atoms with Crippen molar-refractivity contribution in [2.75, 3.05) is 0 Å². The minimum absolute atomic E-state index is 0.0445. The van der Waals surface area contributed by atoms with Crippen LogP contribution < -0.4 is 10.1 Å². The van der Waals surface area contributed by atoms with Crippen LogP contribution in [0.3, 0.4) is 0 Å². The van der Waals surface area contributed by atoms with Crippen molar-refractivity contribution >= 4 is 37.5 Å². The molecule has 9 heteroatoms. The van der Waals surface area contributed by atoms with Crippen LogP contribution in [0, 0.1) is 0 Å². The summed E-state index contributed by atoms with van der Waals surface area (Å²) in [5.41, 5.74) is 5.92. The second kappa shape index (κ2) is 10.7. The number of aromatic nitrogens is 2. The van der Waals surface area contributed by atoms with Crippen LogP contribution in [-0.2, 0) is 16.4 Å². The topological polar surface area (TPSA) is 112 Å². The molecule has 0 saturated carbocycles. The van der Waals surface area contributed by atoms with E-state index in [0.717, 1.165) is 32.7 Å². The van der Waals surface area contributed by atoms with Gasteiger partial charge in [-0.15, -0.1) is 0 Å². The molecule has 0 amide bonds. The average molecular weight is 589 g/mol. The van der Waals surface area contributed by atoms with Crippen molar-refractivity contribution in [1.82, 2.24) is 9.78 Å². The molecule has 0 aliphatic heterocycles. The third-order valence-electron chi connectivity index (χ3n) is 5.96. The van der Waals surface area contributed by atoms with Gasteiger partial charge >= 0.3 is 5.90 Å². The van der Waals surface area contributed by atoms with Crippen LogP contribution in [-0.4, -0.2) is 29.2 Å². The smallest absolute Gasteiger partial charge is 0.371 e. The maximum absolute atomic E-state index is 11.7. The number of nitrogens with two attached hydrogens (primary N) is 1. The molecule has 5 aromatic rings. The maximum atomic E-state index is 11.7. The second-order valence-corrected chi connectivity index (χ2v) is 11.2. The molecule has 0 atom stereocenters. The zero-order valence-electron chi connectivity index (χ0n) is 20.1. The SMILES string of the molecule is NS(=O)(=O)c1ccc(-n2nc(Cc3ccc([NH+]=C(O)c4ccccc4)cc3)cc2-c2ccc(Br)cc2)cc1. The van der Waals surface area contributed by atoms with Crippen molar-refractivity contribution < 1.29 is 18.5 Å². The van der Waals surface area contributed by atoms with Crippen LogP contribution in [0.1, 0.15) is 16.8 Å². The zero-order chi connectivity index (χ0) is 26.7. The summed E-state index contributed by atoms with van der Waals surface area (Å²) in [4.78, 5) is 3.07. The molecule has 7 nitrogen and oxygen atoms in total. The standard InChI is InChI=1S/C29H23BrN4O3S/c30-23-10-8-21(9-11-23)28-19-25(33-34(28)26-14-16-27(17-15-26)38(31,36)37)18-20-6-12-24(13-7-20)32-29(35)22-4-2-1-3-5-22/h1-17,19H,18H2,(H,32,35)(H2,31,36,37)/p+1. The van der Waals surface area contributed by atoms with Gasteiger partial charge in [-0.2, -0.15) is 10.1 Å². The Balaban J connectivity index is 1.44. The molecule has 0 aliphatic carbocycles. The maximum Gasteiger partial charge on any atom is 0.371 e. The monoisotopic (exact) mass is 587 g/mol. The summed E-state index contributed by atoms with van der Waals surface area (Å²) in [6.45, 7) is 0. The van der Waals surface area contributed by atoms with Crippen molar-refractivity contribution in [2.24, 2.45) is 5.14 Å². The van der Waals surface area contributed by atoms with E-state index in [2.05, 4.69) is 20.9 Å². The fourth-order valence-corrected chi connectivity index (χ4v) is 4.82. The number of rotatable bonds is 7. The molecule has 1 heterocycles. The number of nitrogens with zero attached hydrogens (tertiary/aromatic N) is 2. The molecule has 0 bridgehead atoms. The van der Waals surface area contributed by atoms with E-state index in [1.807, 2.05) is 84.9 Å². The predicted molar refractivity (Wildman–Crippen MR) is 151 cm³/mol. The van der Waals surface area contributed by atoms with Crippen molar-refractivity contribution in [2.45, 2.75) is 11.3 Å². The first-order valence-corrected chi connectivity index (χ1v) is 14.1. The summed E-state index contributed by atoms with van der Waals surface area (Å²) in [6, 6.07) is 33.4. The molecule has 4 aromatic carbocycles. The van der Waals surface area contributed by atoms with Crippen molar-refractivity contribution in [3.8, 4) is 16.9 Å². The van der Waals surface area contributed by atoms with E-state index in [-0.39, 0.29) is 10.8 Å². The van der Waals surface area contributed by atoms with Gasteiger partial charge in [0, 0.05) is 28.6 Å². The van der Waals surface area contributed by atoms with Crippen LogP contribution in [0.5, 0.6) is 0 Å². The van der Waals surface area contributed by atoms with Crippen molar-refractivity contribution in [3.05, 3.63) is 130 Å². The van der Waals surface area contributed by atoms with Gasteiger partial charge < -0.3 is 5.11 Å². The van der Waals surface area contributed by atoms with Crippen LogP contribution in [0.25, 0.3) is 16.9 Å². The van der Waals surface area contributed by atoms with E-state index in [0.29, 0.717) is 17.7 Å². The van der Waals surface area contributed by atoms with Gasteiger partial charge in [-0.3, -0.25) is 0 Å². The van der Waals surface area contributed by atoms with Gasteiger partial charge in [-0.25, -0.2) is 18.2 Å². The Kier molecular flexibility index (Phi) is 7.24. The van der Waals surface area contributed by atoms with Gasteiger partial charge in [-0.1, -0.05) is 58.4 Å². The molecule has 0 unspecified atom stereocenters. The predicted octanol–water partition coefficient (Wildman–Crippen LogP) is 4.26. The Hall–Kier alpha value is -4.05. The number of aliphatic hydroxyl groups excluding tert-OH is 1. The highest BCUT2D eigenvalue weighted by atomic mass is 79.9. The largest absolute Gasteiger partial charge is 0.459 e. The Labute approximate surface area is 229 Å². The molecule has 0 saturated heterocycles. The number of aliphatic hydroxyl groups is 1. The fourth-order valence-electron chi connectivity index (χ4n) is 4.04. The van der Waals surface area contributed by atoms with Gasteiger partial charge in [0.25, 0.3) is 0 Å². The van der Waals surface area contributed by atoms with Crippen molar-refractivity contribution in [3.63, 3.8) is 0 Å². The highest BCUT2D eigenvalue weighted by molar-refractivity contribution is 9.10. The van der Waals surface area contributed by atoms with Crippen molar-refractivity contribution in [1.29, 1.82) is 0 Å². The van der Waals surface area contributed by atoms with E-state index in [1.54, 1.807) is 16.8 Å². The highest BCUT2D eigenvalue weighted by Gasteiger charge is 2.15. The summed E-state index contributed by atoms with van der Waals surface area (Å²) < 4.78 is 26.2. The third-order valence-corrected chi connectivity index (χ3v) is 7.42. The van der Waals surface area contributed by atoms with Crippen LogP contribution in [0.4, 0.5) is 5.69 Å². The lowest BCUT2D eigenvalue weighted by Gasteiger charge is -2.08. The van der Waals surface area contributed by atoms with E-state index in [9.17, 15) is 13.5 Å². The number of nitrogens with one attached hydrogen (secondary N) is 1. The number of primary sulfonamides is 1. The van der Waals surface area contributed by atoms with Gasteiger partial charge in [0.15, 0.2) is 0 Å². The number of hydrogen-bond acceptors (Lipinski definition) is 3. The summed E-state index contributed by atoms with van der Waals surface area (Å²) in [6.07, 6.45) is 0.584. The van der Waals surface area contributed by atoms with E-state index < -0.39 is 10.0 Å². The summed E-state index contributed by atoms with van der Waals surface area (Å²) in [7, 11) is -3.79. The minimum atomic E-state index is -3.79. The Morgan fingerprint density at radius 1 is 0.895 bits per heavy atom. The van der Waals surface area contributed by atoms with Gasteiger partial charge in [-0.05, 0) is 60.2 Å². The quantitative estimate of drug-likeness (QED) is 0.195. The van der Waals surface area contributed by atoms with E-state index in [4.69, 9.17) is 10.2 Å². The number of halogens is 1. The molecule has 0 fully saturated rings. The molecular weight excluding hydrogens is 564 g/mol. The van der Waals surface area contributed by atoms with Gasteiger partial charge in [0.2, 0.25) is 15.7 Å². The molecule has 0 spiro atoms. The first kappa shape index (κ1) is 25.6. The van der Waals surface area contributed by atoms with Gasteiger partial charge in [0.1, 0.15) is 0 Å². The van der Waals surface area contributed by atoms with E-state index in [1.165, 1.54) is 12.1 Å². The fraction of sp³-hybridized carbons (Fsp3) is 0.0345. The normalized spacial score (nSPS) is 12.0. The molecular formula is C29H24BrN4O3S+. The lowest BCUT2D eigenvalue weighted by molar-refractivity contribution is -0.364. The summed E-state index contributed by atoms with van der Waals surface area (Å²) in [5.74, 6) is 0.0877. The van der Waals surface area contributed by atoms with E-state index >= 15 is 0 Å². The highest BCUT2D eigenvalue weighted by Crippen LogP contribution is 2.27. The first-order chi connectivity index (χ1) is 18.3.